The van der Waals surface area contributed by atoms with Gasteiger partial charge in [0.15, 0.2) is 0 Å². The number of ether oxygens (including phenoxy) is 1. The third kappa shape index (κ3) is 5.26. The molecule has 2 aromatic heterocycles. The van der Waals surface area contributed by atoms with Gasteiger partial charge in [0.05, 0.1) is 17.7 Å². The summed E-state index contributed by atoms with van der Waals surface area (Å²) in [4.78, 5) is 37.3. The summed E-state index contributed by atoms with van der Waals surface area (Å²) in [5.74, 6) is 0.581. The highest BCUT2D eigenvalue weighted by Crippen LogP contribution is 2.30. The minimum atomic E-state index is -1.04. The van der Waals surface area contributed by atoms with Crippen LogP contribution >= 0.6 is 0 Å². The number of benzene rings is 1. The van der Waals surface area contributed by atoms with E-state index in [4.69, 9.17) is 4.74 Å². The number of carbonyl (C=O) groups excluding carboxylic acids is 2. The summed E-state index contributed by atoms with van der Waals surface area (Å²) in [7, 11) is 0. The van der Waals surface area contributed by atoms with Crippen molar-refractivity contribution in [3.63, 3.8) is 0 Å². The van der Waals surface area contributed by atoms with E-state index in [-0.39, 0.29) is 18.4 Å². The number of rotatable bonds is 8. The zero-order valence-corrected chi connectivity index (χ0v) is 20.4. The number of likely N-dealkylation sites (tertiary alicyclic amines) is 1. The minimum Gasteiger partial charge on any atom is -0.492 e. The molecule has 2 fully saturated rings. The Morgan fingerprint density at radius 3 is 2.78 bits per heavy atom. The van der Waals surface area contributed by atoms with Gasteiger partial charge in [-0.05, 0) is 62.2 Å². The number of pyridine rings is 2. The van der Waals surface area contributed by atoms with E-state index < -0.39 is 5.60 Å². The van der Waals surface area contributed by atoms with Gasteiger partial charge < -0.3 is 25.0 Å². The molecule has 1 atom stereocenters. The van der Waals surface area contributed by atoms with Crippen LogP contribution in [0, 0.1) is 6.92 Å². The molecule has 2 N–H and O–H groups in total. The number of anilines is 1. The van der Waals surface area contributed by atoms with E-state index >= 15 is 0 Å². The lowest BCUT2D eigenvalue weighted by Crippen LogP contribution is -2.45. The molecule has 2 saturated heterocycles. The topological polar surface area (TPSA) is 108 Å². The van der Waals surface area contributed by atoms with Crippen LogP contribution in [0.2, 0.25) is 0 Å². The van der Waals surface area contributed by atoms with E-state index in [9.17, 15) is 14.7 Å². The van der Waals surface area contributed by atoms with Gasteiger partial charge in [-0.1, -0.05) is 0 Å². The molecule has 5 rings (SSSR count). The van der Waals surface area contributed by atoms with E-state index in [1.807, 2.05) is 30.0 Å². The Labute approximate surface area is 210 Å². The molecule has 2 amide bonds. The molecule has 0 saturated carbocycles. The number of β-amino-alcohol motifs (C(OH)–C–C–N with tert-alkyl or cyclic N) is 1. The van der Waals surface area contributed by atoms with Crippen molar-refractivity contribution in [3.05, 3.63) is 59.9 Å². The lowest BCUT2D eigenvalue weighted by molar-refractivity contribution is -0.128. The summed E-state index contributed by atoms with van der Waals surface area (Å²) < 4.78 is 5.72. The Bertz CT molecular complexity index is 1260. The zero-order chi connectivity index (χ0) is 25.1. The average Bonchev–Trinajstić information content (AvgIpc) is 3.48. The quantitative estimate of drug-likeness (QED) is 0.500. The maximum absolute atomic E-state index is 12.7. The third-order valence-corrected chi connectivity index (χ3v) is 6.87. The van der Waals surface area contributed by atoms with Crippen LogP contribution in [-0.2, 0) is 4.79 Å². The first kappa shape index (κ1) is 24.0. The first-order chi connectivity index (χ1) is 17.4. The number of aryl methyl sites for hydroxylation is 1. The molecule has 0 radical (unpaired) electrons. The number of amides is 2. The van der Waals surface area contributed by atoms with Gasteiger partial charge in [0.2, 0.25) is 5.91 Å². The molecule has 36 heavy (non-hydrogen) atoms. The molecule has 4 heterocycles. The van der Waals surface area contributed by atoms with E-state index in [2.05, 4.69) is 20.2 Å². The van der Waals surface area contributed by atoms with Crippen molar-refractivity contribution in [1.82, 2.24) is 20.2 Å². The van der Waals surface area contributed by atoms with Crippen molar-refractivity contribution in [2.45, 2.75) is 31.8 Å². The molecule has 0 unspecified atom stereocenters. The summed E-state index contributed by atoms with van der Waals surface area (Å²) >= 11 is 0. The number of aromatic nitrogens is 2. The first-order valence-electron chi connectivity index (χ1n) is 12.4. The molecule has 188 valence electrons. The number of aliphatic hydroxyl groups is 1. The van der Waals surface area contributed by atoms with Crippen molar-refractivity contribution in [1.29, 1.82) is 0 Å². The van der Waals surface area contributed by atoms with Gasteiger partial charge in [0, 0.05) is 50.1 Å². The van der Waals surface area contributed by atoms with Gasteiger partial charge >= 0.3 is 0 Å². The summed E-state index contributed by atoms with van der Waals surface area (Å²) in [6, 6.07) is 12.7. The summed E-state index contributed by atoms with van der Waals surface area (Å²) in [5, 5.41) is 14.0. The van der Waals surface area contributed by atoms with Gasteiger partial charge in [-0.2, -0.15) is 0 Å². The van der Waals surface area contributed by atoms with Crippen molar-refractivity contribution < 1.29 is 19.4 Å². The molecule has 3 aromatic rings. The molecule has 0 aliphatic carbocycles. The van der Waals surface area contributed by atoms with Gasteiger partial charge in [0.1, 0.15) is 23.5 Å². The van der Waals surface area contributed by atoms with Gasteiger partial charge in [-0.3, -0.25) is 14.6 Å². The molecule has 0 spiro atoms. The molecule has 2 aliphatic rings. The highest BCUT2D eigenvalue weighted by Gasteiger charge is 2.37. The number of fused-ring (bicyclic) bond motifs is 1. The second-order valence-corrected chi connectivity index (χ2v) is 9.59. The Balaban J connectivity index is 1.14. The van der Waals surface area contributed by atoms with Crippen molar-refractivity contribution in [3.8, 4) is 5.75 Å². The Kier molecular flexibility index (Phi) is 6.73. The Hall–Kier alpha value is -3.72. The molecular formula is C27H31N5O4. The van der Waals surface area contributed by atoms with E-state index in [0.717, 1.165) is 35.4 Å². The highest BCUT2D eigenvalue weighted by atomic mass is 16.5. The Morgan fingerprint density at radius 2 is 2.00 bits per heavy atom. The van der Waals surface area contributed by atoms with Crippen LogP contribution in [0.15, 0.2) is 48.7 Å². The third-order valence-electron chi connectivity index (χ3n) is 6.87. The van der Waals surface area contributed by atoms with E-state index in [1.54, 1.807) is 30.5 Å². The number of carbonyl (C=O) groups is 2. The summed E-state index contributed by atoms with van der Waals surface area (Å²) in [5.41, 5.74) is 2.95. The SMILES string of the molecule is Cc1ccc2nccc(N3CC[C@@](O)(CNC(=O)c4ccc(OCCN5CCCC5=O)cc4)C3)c2n1. The zero-order valence-electron chi connectivity index (χ0n) is 20.4. The maximum atomic E-state index is 12.7. The molecular weight excluding hydrogens is 458 g/mol. The molecule has 9 nitrogen and oxygen atoms in total. The fourth-order valence-corrected chi connectivity index (χ4v) is 4.83. The number of hydrogen-bond acceptors (Lipinski definition) is 7. The van der Waals surface area contributed by atoms with E-state index in [1.165, 1.54) is 0 Å². The van der Waals surface area contributed by atoms with Crippen molar-refractivity contribution in [2.24, 2.45) is 0 Å². The van der Waals surface area contributed by atoms with Gasteiger partial charge in [-0.25, -0.2) is 4.98 Å². The average molecular weight is 490 g/mol. The predicted octanol–water partition coefficient (Wildman–Crippen LogP) is 2.31. The highest BCUT2D eigenvalue weighted by molar-refractivity contribution is 5.94. The van der Waals surface area contributed by atoms with Crippen LogP contribution in [0.4, 0.5) is 5.69 Å². The standard InChI is InChI=1S/C27H31N5O4/c1-19-4-9-22-25(30-19)23(10-12-28-22)32-14-11-27(35,18-32)17-29-26(34)20-5-7-21(8-6-20)36-16-15-31-13-2-3-24(31)33/h4-10,12,35H,2-3,11,13-18H2,1H3,(H,29,34)/t27-/m1/s1. The van der Waals surface area contributed by atoms with Crippen LogP contribution in [0.5, 0.6) is 5.75 Å². The number of hydrogen-bond donors (Lipinski definition) is 2. The van der Waals surface area contributed by atoms with Crippen molar-refractivity contribution >= 4 is 28.5 Å². The molecule has 1 aromatic carbocycles. The van der Waals surface area contributed by atoms with Gasteiger partial charge in [-0.15, -0.1) is 0 Å². The number of nitrogens with one attached hydrogen (secondary N) is 1. The van der Waals surface area contributed by atoms with Crippen LogP contribution in [0.25, 0.3) is 11.0 Å². The summed E-state index contributed by atoms with van der Waals surface area (Å²) in [6.45, 7) is 4.94. The second-order valence-electron chi connectivity index (χ2n) is 9.59. The first-order valence-corrected chi connectivity index (χ1v) is 12.4. The fraction of sp³-hybridized carbons (Fsp3) is 0.407. The molecule has 2 aliphatic heterocycles. The Morgan fingerprint density at radius 1 is 1.17 bits per heavy atom. The van der Waals surface area contributed by atoms with Crippen LogP contribution in [-0.4, -0.2) is 76.7 Å². The second kappa shape index (κ2) is 10.1. The molecule has 0 bridgehead atoms. The lowest BCUT2D eigenvalue weighted by atomic mass is 10.0. The van der Waals surface area contributed by atoms with Crippen LogP contribution in [0.1, 0.15) is 35.3 Å². The predicted molar refractivity (Wildman–Crippen MR) is 136 cm³/mol. The van der Waals surface area contributed by atoms with Crippen LogP contribution < -0.4 is 15.0 Å². The van der Waals surface area contributed by atoms with Gasteiger partial charge in [0.25, 0.3) is 5.91 Å². The smallest absolute Gasteiger partial charge is 0.251 e. The maximum Gasteiger partial charge on any atom is 0.251 e. The normalized spacial score (nSPS) is 19.8. The largest absolute Gasteiger partial charge is 0.492 e. The van der Waals surface area contributed by atoms with Crippen molar-refractivity contribution in [2.75, 3.05) is 44.2 Å². The number of nitrogens with zero attached hydrogens (tertiary/aromatic N) is 4. The minimum absolute atomic E-state index is 0.153. The summed E-state index contributed by atoms with van der Waals surface area (Å²) in [6.07, 6.45) is 3.82. The van der Waals surface area contributed by atoms with Crippen LogP contribution in [0.3, 0.4) is 0 Å². The molecule has 9 heteroatoms. The monoisotopic (exact) mass is 489 g/mol. The fourth-order valence-electron chi connectivity index (χ4n) is 4.83. The lowest BCUT2D eigenvalue weighted by Gasteiger charge is -2.25. The van der Waals surface area contributed by atoms with E-state index in [0.29, 0.717) is 50.4 Å².